The lowest BCUT2D eigenvalue weighted by molar-refractivity contribution is -0.145. The Hall–Kier alpha value is -1.06. The van der Waals surface area contributed by atoms with Crippen LogP contribution < -0.4 is 0 Å². The normalized spacial score (nSPS) is 26.4. The number of nitrogens with zero attached hydrogens (tertiary/aromatic N) is 1. The molecule has 1 heterocycles. The highest BCUT2D eigenvalue weighted by Gasteiger charge is 2.38. The second kappa shape index (κ2) is 3.59. The molecule has 2 rings (SSSR count). The van der Waals surface area contributed by atoms with Gasteiger partial charge in [-0.25, -0.2) is 0 Å². The van der Waals surface area contributed by atoms with Gasteiger partial charge in [0.25, 0.3) is 0 Å². The van der Waals surface area contributed by atoms with Crippen molar-refractivity contribution in [3.8, 4) is 0 Å². The van der Waals surface area contributed by atoms with Gasteiger partial charge in [-0.15, -0.1) is 0 Å². The van der Waals surface area contributed by atoms with Crippen LogP contribution in [0, 0.1) is 11.8 Å². The maximum absolute atomic E-state index is 11.6. The minimum absolute atomic E-state index is 0.0947. The number of carbonyl (C=O) groups excluding carboxylic acids is 2. The Morgan fingerprint density at radius 2 is 1.93 bits per heavy atom. The van der Waals surface area contributed by atoms with Gasteiger partial charge in [-0.05, 0) is 19.3 Å². The number of rotatable bonds is 2. The van der Waals surface area contributed by atoms with Gasteiger partial charge in [0.15, 0.2) is 0 Å². The van der Waals surface area contributed by atoms with Crippen LogP contribution in [0.2, 0.25) is 0 Å². The summed E-state index contributed by atoms with van der Waals surface area (Å²) in [7, 11) is 1.40. The van der Waals surface area contributed by atoms with Crippen LogP contribution in [0.3, 0.4) is 0 Å². The Labute approximate surface area is 83.2 Å². The van der Waals surface area contributed by atoms with Crippen molar-refractivity contribution in [1.29, 1.82) is 0 Å². The van der Waals surface area contributed by atoms with E-state index in [9.17, 15) is 9.59 Å². The van der Waals surface area contributed by atoms with E-state index in [0.717, 1.165) is 25.8 Å². The zero-order valence-electron chi connectivity index (χ0n) is 8.36. The third kappa shape index (κ3) is 1.74. The Morgan fingerprint density at radius 3 is 2.50 bits per heavy atom. The molecule has 2 aliphatic rings. The SMILES string of the molecule is COC(=O)C1CCN(C(=O)C2CC2)C1. The van der Waals surface area contributed by atoms with Gasteiger partial charge < -0.3 is 9.64 Å². The molecule has 0 N–H and O–H groups in total. The maximum Gasteiger partial charge on any atom is 0.310 e. The van der Waals surface area contributed by atoms with E-state index in [4.69, 9.17) is 0 Å². The van der Waals surface area contributed by atoms with Crippen LogP contribution in [-0.2, 0) is 14.3 Å². The van der Waals surface area contributed by atoms with Crippen molar-refractivity contribution in [1.82, 2.24) is 4.90 Å². The smallest absolute Gasteiger partial charge is 0.310 e. The monoisotopic (exact) mass is 197 g/mol. The Kier molecular flexibility index (Phi) is 2.44. The molecule has 14 heavy (non-hydrogen) atoms. The fourth-order valence-corrected chi connectivity index (χ4v) is 1.91. The average Bonchev–Trinajstić information content (AvgIpc) is 2.93. The lowest BCUT2D eigenvalue weighted by atomic mass is 10.1. The van der Waals surface area contributed by atoms with E-state index in [-0.39, 0.29) is 23.7 Å². The molecule has 1 aliphatic carbocycles. The number of hydrogen-bond donors (Lipinski definition) is 0. The van der Waals surface area contributed by atoms with Crippen molar-refractivity contribution >= 4 is 11.9 Å². The van der Waals surface area contributed by atoms with E-state index in [0.29, 0.717) is 6.54 Å². The van der Waals surface area contributed by atoms with Crippen LogP contribution in [0.4, 0.5) is 0 Å². The Balaban J connectivity index is 1.87. The lowest BCUT2D eigenvalue weighted by Crippen LogP contribution is -2.31. The molecule has 1 atom stereocenters. The molecule has 4 nitrogen and oxygen atoms in total. The predicted molar refractivity (Wildman–Crippen MR) is 49.4 cm³/mol. The van der Waals surface area contributed by atoms with Crippen molar-refractivity contribution in [2.45, 2.75) is 19.3 Å². The highest BCUT2D eigenvalue weighted by molar-refractivity contribution is 5.82. The molecule has 2 fully saturated rings. The largest absolute Gasteiger partial charge is 0.469 e. The van der Waals surface area contributed by atoms with E-state index < -0.39 is 0 Å². The van der Waals surface area contributed by atoms with Gasteiger partial charge in [-0.3, -0.25) is 9.59 Å². The van der Waals surface area contributed by atoms with Crippen LogP contribution in [0.5, 0.6) is 0 Å². The van der Waals surface area contributed by atoms with Crippen molar-refractivity contribution in [2.24, 2.45) is 11.8 Å². The van der Waals surface area contributed by atoms with Crippen LogP contribution >= 0.6 is 0 Å². The molecule has 1 aliphatic heterocycles. The lowest BCUT2D eigenvalue weighted by Gasteiger charge is -2.15. The molecule has 4 heteroatoms. The predicted octanol–water partition coefficient (Wildman–Crippen LogP) is 0.418. The number of esters is 1. The zero-order chi connectivity index (χ0) is 10.1. The molecule has 0 radical (unpaired) electrons. The van der Waals surface area contributed by atoms with E-state index in [1.165, 1.54) is 7.11 Å². The third-order valence-electron chi connectivity index (χ3n) is 2.96. The summed E-state index contributed by atoms with van der Waals surface area (Å²) in [5, 5.41) is 0. The summed E-state index contributed by atoms with van der Waals surface area (Å²) in [4.78, 5) is 24.7. The Morgan fingerprint density at radius 1 is 1.21 bits per heavy atom. The zero-order valence-corrected chi connectivity index (χ0v) is 8.36. The number of likely N-dealkylation sites (tertiary alicyclic amines) is 1. The maximum atomic E-state index is 11.6. The highest BCUT2D eigenvalue weighted by Crippen LogP contribution is 2.32. The quantitative estimate of drug-likeness (QED) is 0.603. The molecule has 0 aromatic rings. The first-order chi connectivity index (χ1) is 6.72. The molecule has 78 valence electrons. The first-order valence-electron chi connectivity index (χ1n) is 5.09. The molecule has 1 saturated carbocycles. The fraction of sp³-hybridized carbons (Fsp3) is 0.800. The molecule has 1 saturated heterocycles. The van der Waals surface area contributed by atoms with Gasteiger partial charge in [0.1, 0.15) is 0 Å². The van der Waals surface area contributed by atoms with Gasteiger partial charge in [0, 0.05) is 19.0 Å². The molecular formula is C10H15NO3. The van der Waals surface area contributed by atoms with Gasteiger partial charge in [-0.2, -0.15) is 0 Å². The molecule has 0 spiro atoms. The second-order valence-corrected chi connectivity index (χ2v) is 4.07. The molecule has 0 bridgehead atoms. The summed E-state index contributed by atoms with van der Waals surface area (Å²) in [6.07, 6.45) is 2.81. The number of methoxy groups -OCH3 is 1. The third-order valence-corrected chi connectivity index (χ3v) is 2.96. The minimum atomic E-state index is -0.184. The molecule has 1 amide bonds. The highest BCUT2D eigenvalue weighted by atomic mass is 16.5. The van der Waals surface area contributed by atoms with E-state index in [2.05, 4.69) is 4.74 Å². The van der Waals surface area contributed by atoms with Gasteiger partial charge in [0.2, 0.25) is 5.91 Å². The summed E-state index contributed by atoms with van der Waals surface area (Å²) >= 11 is 0. The summed E-state index contributed by atoms with van der Waals surface area (Å²) in [5.41, 5.74) is 0. The number of ether oxygens (including phenoxy) is 1. The summed E-state index contributed by atoms with van der Waals surface area (Å²) in [5.74, 6) is 0.210. The summed E-state index contributed by atoms with van der Waals surface area (Å²) < 4.78 is 4.66. The van der Waals surface area contributed by atoms with Crippen LogP contribution in [-0.4, -0.2) is 37.0 Å². The topological polar surface area (TPSA) is 46.6 Å². The first-order valence-corrected chi connectivity index (χ1v) is 5.09. The van der Waals surface area contributed by atoms with Crippen LogP contribution in [0.25, 0.3) is 0 Å². The average molecular weight is 197 g/mol. The van der Waals surface area contributed by atoms with Crippen molar-refractivity contribution in [2.75, 3.05) is 20.2 Å². The van der Waals surface area contributed by atoms with Crippen LogP contribution in [0.1, 0.15) is 19.3 Å². The Bertz CT molecular complexity index is 260. The molecule has 1 unspecified atom stereocenters. The second-order valence-electron chi connectivity index (χ2n) is 4.07. The van der Waals surface area contributed by atoms with Gasteiger partial charge in [-0.1, -0.05) is 0 Å². The fourth-order valence-electron chi connectivity index (χ4n) is 1.91. The van der Waals surface area contributed by atoms with Crippen molar-refractivity contribution in [3.63, 3.8) is 0 Å². The van der Waals surface area contributed by atoms with E-state index in [1.54, 1.807) is 4.90 Å². The minimum Gasteiger partial charge on any atom is -0.469 e. The molecule has 0 aromatic heterocycles. The number of hydrogen-bond acceptors (Lipinski definition) is 3. The van der Waals surface area contributed by atoms with E-state index in [1.807, 2.05) is 0 Å². The standard InChI is InChI=1S/C10H15NO3/c1-14-10(13)8-4-5-11(6-8)9(12)7-2-3-7/h7-8H,2-6H2,1H3. The molecule has 0 aromatic carbocycles. The molecular weight excluding hydrogens is 182 g/mol. The number of amides is 1. The van der Waals surface area contributed by atoms with Gasteiger partial charge in [0.05, 0.1) is 13.0 Å². The van der Waals surface area contributed by atoms with Crippen molar-refractivity contribution < 1.29 is 14.3 Å². The number of carbonyl (C=O) groups is 2. The summed E-state index contributed by atoms with van der Waals surface area (Å²) in [6.45, 7) is 1.27. The van der Waals surface area contributed by atoms with Crippen LogP contribution in [0.15, 0.2) is 0 Å². The first kappa shape index (κ1) is 9.49. The van der Waals surface area contributed by atoms with E-state index >= 15 is 0 Å². The summed E-state index contributed by atoms with van der Waals surface area (Å²) in [6, 6.07) is 0. The van der Waals surface area contributed by atoms with Crippen molar-refractivity contribution in [3.05, 3.63) is 0 Å². The van der Waals surface area contributed by atoms with Gasteiger partial charge >= 0.3 is 5.97 Å².